The van der Waals surface area contributed by atoms with Crippen molar-refractivity contribution >= 4 is 16.8 Å². The fourth-order valence-corrected chi connectivity index (χ4v) is 2.84. The number of hydrogen-bond donors (Lipinski definition) is 1. The second-order valence-electron chi connectivity index (χ2n) is 5.53. The minimum absolute atomic E-state index is 0.0642. The first-order valence-corrected chi connectivity index (χ1v) is 7.48. The van der Waals surface area contributed by atoms with E-state index in [0.717, 1.165) is 10.9 Å². The van der Waals surface area contributed by atoms with Crippen molar-refractivity contribution in [3.05, 3.63) is 47.8 Å². The Kier molecular flexibility index (Phi) is 3.34. The minimum Gasteiger partial charge on any atom is -0.423 e. The summed E-state index contributed by atoms with van der Waals surface area (Å²) in [6.07, 6.45) is 1.86. The molecule has 0 radical (unpaired) electrons. The topological polar surface area (TPSA) is 84.3 Å². The molecule has 1 aliphatic heterocycles. The fourth-order valence-electron chi connectivity index (χ4n) is 2.84. The lowest BCUT2D eigenvalue weighted by atomic mass is 10.1. The van der Waals surface area contributed by atoms with E-state index in [2.05, 4.69) is 15.2 Å². The molecule has 1 amide bonds. The quantitative estimate of drug-likeness (QED) is 0.783. The number of aryl methyl sites for hydroxylation is 1. The minimum atomic E-state index is -0.350. The highest BCUT2D eigenvalue weighted by molar-refractivity contribution is 5.98. The van der Waals surface area contributed by atoms with Gasteiger partial charge in [0, 0.05) is 30.7 Å². The maximum Gasteiger partial charge on any atom is 0.254 e. The van der Waals surface area contributed by atoms with Gasteiger partial charge in [-0.25, -0.2) is 0 Å². The Bertz CT molecular complexity index is 854. The Morgan fingerprint density at radius 3 is 3.09 bits per heavy atom. The summed E-state index contributed by atoms with van der Waals surface area (Å²) < 4.78 is 11.0. The molecule has 3 aromatic rings. The molecule has 0 bridgehead atoms. The number of ether oxygens (including phenoxy) is 1. The molecule has 0 aliphatic carbocycles. The van der Waals surface area contributed by atoms with Crippen LogP contribution in [0.3, 0.4) is 0 Å². The van der Waals surface area contributed by atoms with Gasteiger partial charge in [0.1, 0.15) is 6.04 Å². The highest BCUT2D eigenvalue weighted by atomic mass is 16.5. The number of benzene rings is 1. The molecule has 118 valence electrons. The first-order valence-electron chi connectivity index (χ1n) is 7.48. The number of H-pyrrole nitrogens is 1. The average molecular weight is 312 g/mol. The molecule has 2 aromatic heterocycles. The van der Waals surface area contributed by atoms with Crippen LogP contribution in [0.4, 0.5) is 0 Å². The predicted molar refractivity (Wildman–Crippen MR) is 81.9 cm³/mol. The van der Waals surface area contributed by atoms with E-state index in [1.165, 1.54) is 0 Å². The highest BCUT2D eigenvalue weighted by Gasteiger charge is 2.33. The summed E-state index contributed by atoms with van der Waals surface area (Å²) in [5.41, 5.74) is 1.57. The van der Waals surface area contributed by atoms with Crippen LogP contribution in [0.15, 0.2) is 34.9 Å². The van der Waals surface area contributed by atoms with Crippen molar-refractivity contribution in [2.45, 2.75) is 13.0 Å². The van der Waals surface area contributed by atoms with E-state index in [-0.39, 0.29) is 11.9 Å². The number of amides is 1. The number of fused-ring (bicyclic) bond motifs is 1. The molecule has 23 heavy (non-hydrogen) atoms. The number of carbonyl (C=O) groups is 1. The summed E-state index contributed by atoms with van der Waals surface area (Å²) in [4.78, 5) is 17.8. The van der Waals surface area contributed by atoms with Crippen LogP contribution in [0.2, 0.25) is 0 Å². The van der Waals surface area contributed by atoms with Gasteiger partial charge in [0.15, 0.2) is 0 Å². The van der Waals surface area contributed by atoms with Crippen LogP contribution in [0.5, 0.6) is 0 Å². The fraction of sp³-hybridized carbons (Fsp3) is 0.312. The van der Waals surface area contributed by atoms with Crippen LogP contribution in [0.1, 0.15) is 28.2 Å². The third kappa shape index (κ3) is 2.49. The standard InChI is InChI=1S/C16H16N4O3/c1-10-18-19-15(23-10)14-9-22-7-6-20(14)16(21)12-3-2-11-4-5-17-13(11)8-12/h2-5,8,14,17H,6-7,9H2,1H3/t14-/m1/s1. The van der Waals surface area contributed by atoms with E-state index in [1.807, 2.05) is 30.5 Å². The van der Waals surface area contributed by atoms with Crippen molar-refractivity contribution in [3.63, 3.8) is 0 Å². The van der Waals surface area contributed by atoms with E-state index in [1.54, 1.807) is 11.8 Å². The molecule has 0 unspecified atom stereocenters. The van der Waals surface area contributed by atoms with Crippen LogP contribution < -0.4 is 0 Å². The Hall–Kier alpha value is -2.67. The molecule has 0 spiro atoms. The van der Waals surface area contributed by atoms with E-state index in [4.69, 9.17) is 9.15 Å². The normalized spacial score (nSPS) is 18.5. The lowest BCUT2D eigenvalue weighted by Crippen LogP contribution is -2.43. The van der Waals surface area contributed by atoms with Crippen LogP contribution >= 0.6 is 0 Å². The van der Waals surface area contributed by atoms with Crippen molar-refractivity contribution in [3.8, 4) is 0 Å². The molecule has 1 aliphatic rings. The number of rotatable bonds is 2. The SMILES string of the molecule is Cc1nnc([C@H]2COCCN2C(=O)c2ccc3cc[nH]c3c2)o1. The zero-order valence-electron chi connectivity index (χ0n) is 12.7. The summed E-state index contributed by atoms with van der Waals surface area (Å²) in [6, 6.07) is 7.26. The summed E-state index contributed by atoms with van der Waals surface area (Å²) in [6.45, 7) is 3.08. The molecule has 1 N–H and O–H groups in total. The molecule has 1 atom stereocenters. The number of hydrogen-bond acceptors (Lipinski definition) is 5. The Balaban J connectivity index is 1.66. The van der Waals surface area contributed by atoms with Crippen molar-refractivity contribution in [1.82, 2.24) is 20.1 Å². The number of aromatic nitrogens is 3. The molecule has 1 saturated heterocycles. The van der Waals surface area contributed by atoms with Gasteiger partial charge in [-0.15, -0.1) is 10.2 Å². The maximum atomic E-state index is 12.9. The van der Waals surface area contributed by atoms with Crippen LogP contribution in [0, 0.1) is 6.92 Å². The molecule has 4 rings (SSSR count). The summed E-state index contributed by atoms with van der Waals surface area (Å²) in [5, 5.41) is 8.96. The largest absolute Gasteiger partial charge is 0.423 e. The molecule has 3 heterocycles. The molecular formula is C16H16N4O3. The van der Waals surface area contributed by atoms with Gasteiger partial charge >= 0.3 is 0 Å². The first-order chi connectivity index (χ1) is 11.2. The Labute approximate surface area is 132 Å². The smallest absolute Gasteiger partial charge is 0.254 e. The molecule has 1 aromatic carbocycles. The van der Waals surface area contributed by atoms with Crippen LogP contribution in [0.25, 0.3) is 10.9 Å². The number of aromatic amines is 1. The van der Waals surface area contributed by atoms with Crippen LogP contribution in [-0.4, -0.2) is 45.7 Å². The van der Waals surface area contributed by atoms with E-state index in [9.17, 15) is 4.79 Å². The lowest BCUT2D eigenvalue weighted by Gasteiger charge is -2.33. The molecule has 1 fully saturated rings. The number of carbonyl (C=O) groups excluding carboxylic acids is 1. The van der Waals surface area contributed by atoms with Gasteiger partial charge in [-0.05, 0) is 23.6 Å². The molecule has 0 saturated carbocycles. The van der Waals surface area contributed by atoms with Crippen molar-refractivity contribution in [2.75, 3.05) is 19.8 Å². The van der Waals surface area contributed by atoms with Gasteiger partial charge < -0.3 is 19.0 Å². The predicted octanol–water partition coefficient (Wildman–Crippen LogP) is 2.07. The molecule has 7 nitrogen and oxygen atoms in total. The summed E-state index contributed by atoms with van der Waals surface area (Å²) in [5.74, 6) is 0.827. The van der Waals surface area contributed by atoms with E-state index in [0.29, 0.717) is 37.1 Å². The maximum absolute atomic E-state index is 12.9. The van der Waals surface area contributed by atoms with Gasteiger partial charge in [0.25, 0.3) is 5.91 Å². The third-order valence-electron chi connectivity index (χ3n) is 4.02. The number of nitrogens with zero attached hydrogens (tertiary/aromatic N) is 3. The first kappa shape index (κ1) is 14.0. The second kappa shape index (κ2) is 5.51. The summed E-state index contributed by atoms with van der Waals surface area (Å²) in [7, 11) is 0. The van der Waals surface area contributed by atoms with Gasteiger partial charge in [0.2, 0.25) is 11.8 Å². The molecular weight excluding hydrogens is 296 g/mol. The Morgan fingerprint density at radius 2 is 2.26 bits per heavy atom. The number of nitrogens with one attached hydrogen (secondary N) is 1. The second-order valence-corrected chi connectivity index (χ2v) is 5.53. The average Bonchev–Trinajstić information content (AvgIpc) is 3.22. The van der Waals surface area contributed by atoms with E-state index < -0.39 is 0 Å². The van der Waals surface area contributed by atoms with Crippen molar-refractivity contribution in [1.29, 1.82) is 0 Å². The van der Waals surface area contributed by atoms with Gasteiger partial charge in [-0.3, -0.25) is 4.79 Å². The zero-order valence-corrected chi connectivity index (χ0v) is 12.7. The van der Waals surface area contributed by atoms with Crippen LogP contribution in [-0.2, 0) is 4.74 Å². The monoisotopic (exact) mass is 312 g/mol. The Morgan fingerprint density at radius 1 is 1.35 bits per heavy atom. The van der Waals surface area contributed by atoms with Gasteiger partial charge in [-0.1, -0.05) is 6.07 Å². The molecule has 7 heteroatoms. The van der Waals surface area contributed by atoms with Crippen molar-refractivity contribution < 1.29 is 13.9 Å². The van der Waals surface area contributed by atoms with E-state index >= 15 is 0 Å². The van der Waals surface area contributed by atoms with Crippen molar-refractivity contribution in [2.24, 2.45) is 0 Å². The zero-order chi connectivity index (χ0) is 15.8. The number of morpholine rings is 1. The lowest BCUT2D eigenvalue weighted by molar-refractivity contribution is -0.0106. The van der Waals surface area contributed by atoms with Gasteiger partial charge in [-0.2, -0.15) is 0 Å². The highest BCUT2D eigenvalue weighted by Crippen LogP contribution is 2.26. The summed E-state index contributed by atoms with van der Waals surface area (Å²) >= 11 is 0. The van der Waals surface area contributed by atoms with Gasteiger partial charge in [0.05, 0.1) is 13.2 Å². The third-order valence-corrected chi connectivity index (χ3v) is 4.02.